The lowest BCUT2D eigenvalue weighted by Gasteiger charge is -2.24. The molecular weight excluding hydrogens is 416 g/mol. The van der Waals surface area contributed by atoms with Crippen LogP contribution in [0.5, 0.6) is 5.75 Å². The van der Waals surface area contributed by atoms with Crippen molar-refractivity contribution in [2.75, 3.05) is 19.0 Å². The van der Waals surface area contributed by atoms with Crippen LogP contribution >= 0.6 is 11.6 Å². The molecule has 3 aromatic rings. The van der Waals surface area contributed by atoms with Crippen molar-refractivity contribution in [1.82, 2.24) is 5.32 Å². The Morgan fingerprint density at radius 2 is 1.61 bits per heavy atom. The molecule has 0 aliphatic heterocycles. The fraction of sp³-hybridized carbons (Fsp3) is 0.167. The molecule has 2 amide bonds. The van der Waals surface area contributed by atoms with Crippen LogP contribution in [-0.2, 0) is 15.2 Å². The number of nitrogens with one attached hydrogen (secondary N) is 2. The van der Waals surface area contributed by atoms with Crippen molar-refractivity contribution in [2.24, 2.45) is 0 Å². The number of hydrogen-bond acceptors (Lipinski definition) is 4. The van der Waals surface area contributed by atoms with Gasteiger partial charge < -0.3 is 20.5 Å². The second-order valence-electron chi connectivity index (χ2n) is 7.20. The summed E-state index contributed by atoms with van der Waals surface area (Å²) in [6.45, 7) is 1.44. The van der Waals surface area contributed by atoms with Crippen molar-refractivity contribution < 1.29 is 19.4 Å². The van der Waals surface area contributed by atoms with Crippen LogP contribution in [0.2, 0.25) is 5.02 Å². The van der Waals surface area contributed by atoms with Gasteiger partial charge >= 0.3 is 11.8 Å². The monoisotopic (exact) mass is 438 g/mol. The van der Waals surface area contributed by atoms with Crippen LogP contribution in [0, 0.1) is 0 Å². The standard InChI is InChI=1S/C24H23ClN2O4/c1-24(30,18-10-8-17(9-11-18)16-6-4-3-5-7-16)15-26-22(28)23(29)27-19-12-13-21(31-2)20(25)14-19/h3-14,30H,15H2,1-2H3,(H,26,28)(H,27,29)/t24-/m1/s1. The Bertz CT molecular complexity index is 1070. The van der Waals surface area contributed by atoms with Gasteiger partial charge in [0.1, 0.15) is 11.4 Å². The number of ether oxygens (including phenoxy) is 1. The molecule has 6 nitrogen and oxygen atoms in total. The van der Waals surface area contributed by atoms with Crippen LogP contribution in [-0.4, -0.2) is 30.6 Å². The van der Waals surface area contributed by atoms with Crippen molar-refractivity contribution in [3.05, 3.63) is 83.4 Å². The van der Waals surface area contributed by atoms with E-state index in [9.17, 15) is 14.7 Å². The highest BCUT2D eigenvalue weighted by molar-refractivity contribution is 6.40. The van der Waals surface area contributed by atoms with Gasteiger partial charge in [0.05, 0.1) is 18.7 Å². The summed E-state index contributed by atoms with van der Waals surface area (Å²) in [5.41, 5.74) is 1.71. The lowest BCUT2D eigenvalue weighted by atomic mass is 9.93. The number of halogens is 1. The largest absolute Gasteiger partial charge is 0.495 e. The molecule has 31 heavy (non-hydrogen) atoms. The molecule has 7 heteroatoms. The van der Waals surface area contributed by atoms with Gasteiger partial charge in [0.2, 0.25) is 0 Å². The van der Waals surface area contributed by atoms with E-state index in [1.165, 1.54) is 13.2 Å². The molecule has 3 N–H and O–H groups in total. The zero-order valence-corrected chi connectivity index (χ0v) is 17.9. The third-order valence-corrected chi connectivity index (χ3v) is 5.12. The van der Waals surface area contributed by atoms with Gasteiger partial charge in [0, 0.05) is 5.69 Å². The minimum absolute atomic E-state index is 0.132. The first-order valence-corrected chi connectivity index (χ1v) is 9.99. The van der Waals surface area contributed by atoms with Crippen LogP contribution < -0.4 is 15.4 Å². The fourth-order valence-corrected chi connectivity index (χ4v) is 3.28. The summed E-state index contributed by atoms with van der Waals surface area (Å²) in [7, 11) is 1.48. The second-order valence-corrected chi connectivity index (χ2v) is 7.61. The first-order valence-electron chi connectivity index (χ1n) is 9.61. The van der Waals surface area contributed by atoms with E-state index in [1.807, 2.05) is 42.5 Å². The van der Waals surface area contributed by atoms with Crippen LogP contribution in [0.3, 0.4) is 0 Å². The fourth-order valence-electron chi connectivity index (χ4n) is 3.02. The smallest absolute Gasteiger partial charge is 0.313 e. The number of carbonyl (C=O) groups excluding carboxylic acids is 2. The molecule has 0 aliphatic carbocycles. The molecule has 0 spiro atoms. The molecule has 0 fully saturated rings. The van der Waals surface area contributed by atoms with Crippen molar-refractivity contribution in [3.63, 3.8) is 0 Å². The number of anilines is 1. The van der Waals surface area contributed by atoms with Crippen LogP contribution in [0.4, 0.5) is 5.69 Å². The number of rotatable bonds is 6. The summed E-state index contributed by atoms with van der Waals surface area (Å²) in [5, 5.41) is 16.0. The molecule has 1 atom stereocenters. The zero-order valence-electron chi connectivity index (χ0n) is 17.2. The van der Waals surface area contributed by atoms with Crippen molar-refractivity contribution in [1.29, 1.82) is 0 Å². The summed E-state index contributed by atoms with van der Waals surface area (Å²) in [4.78, 5) is 24.3. The molecule has 3 aromatic carbocycles. The molecule has 0 unspecified atom stereocenters. The molecule has 3 rings (SSSR count). The minimum atomic E-state index is -1.35. The maximum Gasteiger partial charge on any atom is 0.313 e. The van der Waals surface area contributed by atoms with Crippen molar-refractivity contribution in [2.45, 2.75) is 12.5 Å². The van der Waals surface area contributed by atoms with E-state index in [-0.39, 0.29) is 6.54 Å². The third-order valence-electron chi connectivity index (χ3n) is 4.82. The van der Waals surface area contributed by atoms with E-state index in [2.05, 4.69) is 10.6 Å². The summed E-state index contributed by atoms with van der Waals surface area (Å²) >= 11 is 6.02. The van der Waals surface area contributed by atoms with Crippen molar-refractivity contribution in [3.8, 4) is 16.9 Å². The van der Waals surface area contributed by atoms with Crippen molar-refractivity contribution >= 4 is 29.1 Å². The number of hydrogen-bond donors (Lipinski definition) is 3. The summed E-state index contributed by atoms with van der Waals surface area (Å²) < 4.78 is 5.05. The zero-order chi connectivity index (χ0) is 22.4. The molecule has 0 heterocycles. The van der Waals surface area contributed by atoms with Crippen LogP contribution in [0.1, 0.15) is 12.5 Å². The number of benzene rings is 3. The second kappa shape index (κ2) is 9.64. The molecule has 0 bridgehead atoms. The highest BCUT2D eigenvalue weighted by atomic mass is 35.5. The van der Waals surface area contributed by atoms with Crippen LogP contribution in [0.25, 0.3) is 11.1 Å². The predicted molar refractivity (Wildman–Crippen MR) is 121 cm³/mol. The normalized spacial score (nSPS) is 12.5. The van der Waals surface area contributed by atoms with Gasteiger partial charge in [-0.1, -0.05) is 66.2 Å². The first kappa shape index (κ1) is 22.3. The minimum Gasteiger partial charge on any atom is -0.495 e. The molecule has 0 saturated heterocycles. The van der Waals surface area contributed by atoms with Gasteiger partial charge in [-0.15, -0.1) is 0 Å². The Morgan fingerprint density at radius 3 is 2.23 bits per heavy atom. The van der Waals surface area contributed by atoms with E-state index in [0.717, 1.165) is 11.1 Å². The number of amides is 2. The number of aliphatic hydroxyl groups is 1. The SMILES string of the molecule is COc1ccc(NC(=O)C(=O)NC[C@@](C)(O)c2ccc(-c3ccccc3)cc2)cc1Cl. The lowest BCUT2D eigenvalue weighted by molar-refractivity contribution is -0.136. The summed E-state index contributed by atoms with van der Waals surface area (Å²) in [6.07, 6.45) is 0. The van der Waals surface area contributed by atoms with Gasteiger partial charge in [0.15, 0.2) is 0 Å². The highest BCUT2D eigenvalue weighted by Gasteiger charge is 2.25. The van der Waals surface area contributed by atoms with E-state index >= 15 is 0 Å². The van der Waals surface area contributed by atoms with Gasteiger partial charge in [-0.05, 0) is 41.8 Å². The first-order chi connectivity index (χ1) is 14.8. The van der Waals surface area contributed by atoms with E-state index < -0.39 is 17.4 Å². The van der Waals surface area contributed by atoms with Gasteiger partial charge in [0.25, 0.3) is 0 Å². The molecule has 160 valence electrons. The maximum absolute atomic E-state index is 12.2. The molecule has 0 saturated carbocycles. The molecule has 0 radical (unpaired) electrons. The van der Waals surface area contributed by atoms with Gasteiger partial charge in [-0.25, -0.2) is 0 Å². The Labute approximate surface area is 185 Å². The van der Waals surface area contributed by atoms with Crippen LogP contribution in [0.15, 0.2) is 72.8 Å². The highest BCUT2D eigenvalue weighted by Crippen LogP contribution is 2.27. The Balaban J connectivity index is 1.59. The number of carbonyl (C=O) groups is 2. The van der Waals surface area contributed by atoms with Gasteiger partial charge in [-0.3, -0.25) is 9.59 Å². The Kier molecular flexibility index (Phi) is 6.95. The third kappa shape index (κ3) is 5.63. The Morgan fingerprint density at radius 1 is 0.968 bits per heavy atom. The molecule has 0 aliphatic rings. The predicted octanol–water partition coefficient (Wildman–Crippen LogP) is 3.98. The van der Waals surface area contributed by atoms with E-state index in [4.69, 9.17) is 16.3 Å². The topological polar surface area (TPSA) is 87.7 Å². The quantitative estimate of drug-likeness (QED) is 0.508. The van der Waals surface area contributed by atoms with Gasteiger partial charge in [-0.2, -0.15) is 0 Å². The summed E-state index contributed by atoms with van der Waals surface area (Å²) in [5.74, 6) is -1.27. The Hall–Kier alpha value is -3.35. The molecule has 0 aromatic heterocycles. The molecular formula is C24H23ClN2O4. The maximum atomic E-state index is 12.2. The average Bonchev–Trinajstić information content (AvgIpc) is 2.78. The lowest BCUT2D eigenvalue weighted by Crippen LogP contribution is -2.43. The van der Waals surface area contributed by atoms with E-state index in [1.54, 1.807) is 31.2 Å². The summed E-state index contributed by atoms with van der Waals surface area (Å²) in [6, 6.07) is 21.9. The number of methoxy groups -OCH3 is 1. The van der Waals surface area contributed by atoms with E-state index in [0.29, 0.717) is 22.0 Å². The average molecular weight is 439 g/mol.